The molecule has 1 aliphatic carbocycles. The standard InChI is InChI=1S/C15H22O9/c1-5-8(17)10(19)11(20)14(22-5)23-13-7-6(2-3-21-13)9(18)12-15(7,4-16)24-12/h2-3,5-14,16-20H,4H2,1H3/t5-,6+,7+,8-,9-,10+,11+,12+,13-,14-,15+/m0/s1. The number of ether oxygens (including phenoxy) is 4. The number of hydrogen-bond acceptors (Lipinski definition) is 9. The minimum Gasteiger partial charge on any atom is -0.472 e. The number of hydrogen-bond donors (Lipinski definition) is 5. The lowest BCUT2D eigenvalue weighted by Crippen LogP contribution is -2.59. The van der Waals surface area contributed by atoms with E-state index in [-0.39, 0.29) is 12.5 Å². The van der Waals surface area contributed by atoms with Crippen LogP contribution in [0.5, 0.6) is 0 Å². The van der Waals surface area contributed by atoms with E-state index in [0.29, 0.717) is 0 Å². The van der Waals surface area contributed by atoms with Gasteiger partial charge in [0.25, 0.3) is 0 Å². The molecule has 24 heavy (non-hydrogen) atoms. The van der Waals surface area contributed by atoms with E-state index in [1.54, 1.807) is 13.0 Å². The average molecular weight is 346 g/mol. The third-order valence-electron chi connectivity index (χ3n) is 5.58. The first-order chi connectivity index (χ1) is 11.4. The van der Waals surface area contributed by atoms with Gasteiger partial charge in [-0.2, -0.15) is 0 Å². The fraction of sp³-hybridized carbons (Fsp3) is 0.867. The van der Waals surface area contributed by atoms with Crippen LogP contribution in [0.15, 0.2) is 12.3 Å². The van der Waals surface area contributed by atoms with Crippen molar-refractivity contribution in [3.8, 4) is 0 Å². The number of fused-ring (bicyclic) bond motifs is 3. The molecule has 0 aromatic carbocycles. The minimum atomic E-state index is -1.46. The highest BCUT2D eigenvalue weighted by Gasteiger charge is 2.75. The van der Waals surface area contributed by atoms with Crippen LogP contribution in [0.1, 0.15) is 6.92 Å². The second-order valence-electron chi connectivity index (χ2n) is 6.90. The molecule has 3 fully saturated rings. The quantitative estimate of drug-likeness (QED) is 0.349. The average Bonchev–Trinajstić information content (AvgIpc) is 3.27. The third kappa shape index (κ3) is 2.17. The van der Waals surface area contributed by atoms with Crippen LogP contribution in [0.4, 0.5) is 0 Å². The van der Waals surface area contributed by atoms with Gasteiger partial charge in [0.1, 0.15) is 30.0 Å². The second-order valence-corrected chi connectivity index (χ2v) is 6.90. The van der Waals surface area contributed by atoms with Crippen molar-refractivity contribution in [2.24, 2.45) is 11.8 Å². The van der Waals surface area contributed by atoms with Gasteiger partial charge >= 0.3 is 0 Å². The van der Waals surface area contributed by atoms with Crippen molar-refractivity contribution < 1.29 is 44.5 Å². The summed E-state index contributed by atoms with van der Waals surface area (Å²) >= 11 is 0. The topological polar surface area (TPSA) is 141 Å². The molecule has 0 aromatic rings. The zero-order valence-electron chi connectivity index (χ0n) is 13.0. The molecule has 0 amide bonds. The monoisotopic (exact) mass is 346 g/mol. The Hall–Kier alpha value is -0.780. The Kier molecular flexibility index (Phi) is 3.90. The summed E-state index contributed by atoms with van der Waals surface area (Å²) in [5.74, 6) is -0.800. The summed E-state index contributed by atoms with van der Waals surface area (Å²) in [6.07, 6.45) is -5.19. The Morgan fingerprint density at radius 3 is 2.50 bits per heavy atom. The molecule has 9 nitrogen and oxygen atoms in total. The maximum atomic E-state index is 10.3. The van der Waals surface area contributed by atoms with Crippen molar-refractivity contribution in [3.05, 3.63) is 12.3 Å². The van der Waals surface area contributed by atoms with Gasteiger partial charge in [-0.25, -0.2) is 0 Å². The summed E-state index contributed by atoms with van der Waals surface area (Å²) in [7, 11) is 0. The molecule has 3 heterocycles. The van der Waals surface area contributed by atoms with Crippen LogP contribution in [0.3, 0.4) is 0 Å². The van der Waals surface area contributed by atoms with Gasteiger partial charge in [0.15, 0.2) is 6.29 Å². The Morgan fingerprint density at radius 2 is 1.79 bits per heavy atom. The molecule has 4 rings (SSSR count). The highest BCUT2D eigenvalue weighted by molar-refractivity contribution is 5.24. The van der Waals surface area contributed by atoms with Gasteiger partial charge in [0.05, 0.1) is 31.0 Å². The van der Waals surface area contributed by atoms with Gasteiger partial charge in [-0.3, -0.25) is 0 Å². The van der Waals surface area contributed by atoms with E-state index in [9.17, 15) is 25.5 Å². The van der Waals surface area contributed by atoms with Crippen LogP contribution in [0, 0.1) is 11.8 Å². The van der Waals surface area contributed by atoms with E-state index in [4.69, 9.17) is 18.9 Å². The maximum Gasteiger partial charge on any atom is 0.208 e. The molecule has 136 valence electrons. The zero-order chi connectivity index (χ0) is 17.2. The van der Waals surface area contributed by atoms with Crippen molar-refractivity contribution in [2.75, 3.05) is 6.61 Å². The van der Waals surface area contributed by atoms with Crippen molar-refractivity contribution in [1.29, 1.82) is 0 Å². The zero-order valence-corrected chi connectivity index (χ0v) is 13.0. The minimum absolute atomic E-state index is 0.293. The van der Waals surface area contributed by atoms with Crippen LogP contribution in [0.2, 0.25) is 0 Å². The summed E-state index contributed by atoms with van der Waals surface area (Å²) in [4.78, 5) is 0. The van der Waals surface area contributed by atoms with Crippen molar-refractivity contribution in [3.63, 3.8) is 0 Å². The third-order valence-corrected chi connectivity index (χ3v) is 5.58. The van der Waals surface area contributed by atoms with Crippen molar-refractivity contribution in [1.82, 2.24) is 0 Å². The predicted molar refractivity (Wildman–Crippen MR) is 75.1 cm³/mol. The molecule has 3 aliphatic heterocycles. The van der Waals surface area contributed by atoms with E-state index in [1.807, 2.05) is 0 Å². The normalized spacial score (nSPS) is 58.8. The molecular formula is C15H22O9. The van der Waals surface area contributed by atoms with E-state index >= 15 is 0 Å². The van der Waals surface area contributed by atoms with Gasteiger partial charge in [-0.15, -0.1) is 0 Å². The van der Waals surface area contributed by atoms with Gasteiger partial charge in [-0.05, 0) is 13.0 Å². The smallest absolute Gasteiger partial charge is 0.208 e. The lowest BCUT2D eigenvalue weighted by atomic mass is 9.85. The molecule has 0 radical (unpaired) electrons. The second kappa shape index (κ2) is 5.61. The summed E-state index contributed by atoms with van der Waals surface area (Å²) in [5, 5.41) is 49.7. The van der Waals surface area contributed by atoms with Crippen molar-refractivity contribution >= 4 is 0 Å². The largest absolute Gasteiger partial charge is 0.472 e. The van der Waals surface area contributed by atoms with Crippen LogP contribution in [-0.4, -0.2) is 86.9 Å². The number of epoxide rings is 1. The Labute approximate surface area is 138 Å². The molecule has 0 aromatic heterocycles. The first kappa shape index (κ1) is 16.7. The van der Waals surface area contributed by atoms with E-state index in [0.717, 1.165) is 0 Å². The molecule has 0 spiro atoms. The van der Waals surface area contributed by atoms with Crippen LogP contribution < -0.4 is 0 Å². The Bertz CT molecular complexity index is 527. The highest BCUT2D eigenvalue weighted by atomic mass is 16.8. The molecule has 0 unspecified atom stereocenters. The highest BCUT2D eigenvalue weighted by Crippen LogP contribution is 2.59. The summed E-state index contributed by atoms with van der Waals surface area (Å²) in [5.41, 5.74) is -0.942. The van der Waals surface area contributed by atoms with Crippen LogP contribution >= 0.6 is 0 Å². The van der Waals surface area contributed by atoms with Gasteiger partial charge in [-0.1, -0.05) is 0 Å². The molecule has 2 saturated heterocycles. The first-order valence-electron chi connectivity index (χ1n) is 8.04. The lowest BCUT2D eigenvalue weighted by molar-refractivity contribution is -0.339. The molecule has 0 bridgehead atoms. The number of aliphatic hydroxyl groups excluding tert-OH is 5. The molecule has 11 atom stereocenters. The van der Waals surface area contributed by atoms with Gasteiger partial charge in [0, 0.05) is 5.92 Å². The first-order valence-corrected chi connectivity index (χ1v) is 8.04. The van der Waals surface area contributed by atoms with Crippen molar-refractivity contribution in [2.45, 2.75) is 61.7 Å². The lowest BCUT2D eigenvalue weighted by Gasteiger charge is -2.42. The summed E-state index contributed by atoms with van der Waals surface area (Å²) < 4.78 is 22.1. The number of aliphatic hydroxyl groups is 5. The molecular weight excluding hydrogens is 324 g/mol. The molecule has 4 aliphatic rings. The fourth-order valence-corrected chi connectivity index (χ4v) is 4.12. The summed E-state index contributed by atoms with van der Waals surface area (Å²) in [6, 6.07) is 0. The van der Waals surface area contributed by atoms with Gasteiger partial charge < -0.3 is 44.5 Å². The SMILES string of the molecule is C[C@@H]1O[C@@H](O[C@@H]2OC=C[C@H]3[C@H](O)[C@H]4O[C@]4(CO)[C@@H]23)[C@H](O)[C@H](O)[C@H]1O. The molecule has 1 saturated carbocycles. The predicted octanol–water partition coefficient (Wildman–Crippen LogP) is -2.56. The Morgan fingerprint density at radius 1 is 1.04 bits per heavy atom. The van der Waals surface area contributed by atoms with E-state index in [1.165, 1.54) is 6.26 Å². The molecule has 5 N–H and O–H groups in total. The Balaban J connectivity index is 1.53. The van der Waals surface area contributed by atoms with E-state index < -0.39 is 60.7 Å². The van der Waals surface area contributed by atoms with E-state index in [2.05, 4.69) is 0 Å². The van der Waals surface area contributed by atoms with Gasteiger partial charge in [0.2, 0.25) is 6.29 Å². The summed E-state index contributed by atoms with van der Waals surface area (Å²) in [6.45, 7) is 1.26. The number of rotatable bonds is 3. The molecule has 9 heteroatoms. The van der Waals surface area contributed by atoms with Crippen LogP contribution in [0.25, 0.3) is 0 Å². The fourth-order valence-electron chi connectivity index (χ4n) is 4.12. The maximum absolute atomic E-state index is 10.3. The van der Waals surface area contributed by atoms with Crippen LogP contribution in [-0.2, 0) is 18.9 Å².